The summed E-state index contributed by atoms with van der Waals surface area (Å²) in [7, 11) is 0. The molecule has 1 saturated heterocycles. The summed E-state index contributed by atoms with van der Waals surface area (Å²) in [5, 5.41) is 0. The Balaban J connectivity index is 2.23. The molecule has 2 rings (SSSR count). The van der Waals surface area contributed by atoms with E-state index in [9.17, 15) is 4.79 Å². The van der Waals surface area contributed by atoms with Crippen LogP contribution >= 0.6 is 11.8 Å². The molecule has 0 aromatic carbocycles. The van der Waals surface area contributed by atoms with Crippen LogP contribution in [-0.2, 0) is 0 Å². The molecule has 0 radical (unpaired) electrons. The van der Waals surface area contributed by atoms with E-state index in [1.807, 2.05) is 30.5 Å². The Morgan fingerprint density at radius 3 is 2.67 bits per heavy atom. The van der Waals surface area contributed by atoms with Crippen molar-refractivity contribution < 1.29 is 4.79 Å². The lowest BCUT2D eigenvalue weighted by Gasteiger charge is -2.26. The highest BCUT2D eigenvalue weighted by Gasteiger charge is 2.21. The van der Waals surface area contributed by atoms with Crippen molar-refractivity contribution in [2.75, 3.05) is 30.3 Å². The number of rotatable bonds is 2. The first-order chi connectivity index (χ1) is 8.58. The number of hydrogen-bond donors (Lipinski definition) is 1. The smallest absolute Gasteiger partial charge is 0.272 e. The van der Waals surface area contributed by atoms with Crippen LogP contribution in [0.4, 0.5) is 5.95 Å². The van der Waals surface area contributed by atoms with Gasteiger partial charge < -0.3 is 10.6 Å². The van der Waals surface area contributed by atoms with Gasteiger partial charge in [0.1, 0.15) is 5.69 Å². The number of hydrogen-bond acceptors (Lipinski definition) is 5. The van der Waals surface area contributed by atoms with Gasteiger partial charge in [0.2, 0.25) is 5.95 Å². The number of amides is 1. The van der Waals surface area contributed by atoms with Crippen LogP contribution < -0.4 is 5.73 Å². The first kappa shape index (κ1) is 13.1. The molecule has 1 aromatic heterocycles. The Morgan fingerprint density at radius 1 is 1.39 bits per heavy atom. The summed E-state index contributed by atoms with van der Waals surface area (Å²) in [4.78, 5) is 22.3. The number of carbonyl (C=O) groups is 1. The molecule has 0 atom stereocenters. The number of nitrogens with two attached hydrogens (primary N) is 1. The van der Waals surface area contributed by atoms with Gasteiger partial charge in [-0.3, -0.25) is 4.79 Å². The second-order valence-corrected chi connectivity index (χ2v) is 5.82. The maximum absolute atomic E-state index is 12.3. The molecule has 1 aliphatic rings. The summed E-state index contributed by atoms with van der Waals surface area (Å²) >= 11 is 1.87. The number of nitrogen functional groups attached to an aromatic ring is 1. The molecular formula is C12H18N4OS. The molecule has 1 aliphatic heterocycles. The molecule has 0 unspecified atom stereocenters. The van der Waals surface area contributed by atoms with Gasteiger partial charge in [-0.2, -0.15) is 11.8 Å². The molecule has 18 heavy (non-hydrogen) atoms. The van der Waals surface area contributed by atoms with Crippen molar-refractivity contribution in [2.45, 2.75) is 19.8 Å². The first-order valence-electron chi connectivity index (χ1n) is 6.09. The minimum atomic E-state index is -0.0358. The molecular weight excluding hydrogens is 248 g/mol. The van der Waals surface area contributed by atoms with Gasteiger partial charge >= 0.3 is 0 Å². The lowest BCUT2D eigenvalue weighted by molar-refractivity contribution is 0.0766. The molecule has 1 aromatic rings. The minimum Gasteiger partial charge on any atom is -0.368 e. The van der Waals surface area contributed by atoms with Crippen molar-refractivity contribution in [2.24, 2.45) is 0 Å². The van der Waals surface area contributed by atoms with Crippen LogP contribution in [0.15, 0.2) is 6.07 Å². The highest BCUT2D eigenvalue weighted by atomic mass is 32.2. The largest absolute Gasteiger partial charge is 0.368 e. The van der Waals surface area contributed by atoms with Gasteiger partial charge in [-0.05, 0) is 12.0 Å². The summed E-state index contributed by atoms with van der Waals surface area (Å²) in [5.74, 6) is 2.35. The van der Waals surface area contributed by atoms with Crippen molar-refractivity contribution in [1.29, 1.82) is 0 Å². The molecule has 0 aliphatic carbocycles. The Kier molecular flexibility index (Phi) is 4.06. The van der Waals surface area contributed by atoms with Gasteiger partial charge in [-0.1, -0.05) is 13.8 Å². The summed E-state index contributed by atoms with van der Waals surface area (Å²) in [5.41, 5.74) is 6.90. The Bertz CT molecular complexity index is 444. The second-order valence-electron chi connectivity index (χ2n) is 4.60. The van der Waals surface area contributed by atoms with E-state index in [2.05, 4.69) is 9.97 Å². The molecule has 5 nitrogen and oxygen atoms in total. The van der Waals surface area contributed by atoms with Gasteiger partial charge in [0.05, 0.1) is 0 Å². The highest BCUT2D eigenvalue weighted by molar-refractivity contribution is 7.99. The van der Waals surface area contributed by atoms with Crippen molar-refractivity contribution >= 4 is 23.6 Å². The van der Waals surface area contributed by atoms with Crippen molar-refractivity contribution in [1.82, 2.24) is 14.9 Å². The third kappa shape index (κ3) is 2.93. The zero-order chi connectivity index (χ0) is 13.1. The molecule has 98 valence electrons. The summed E-state index contributed by atoms with van der Waals surface area (Å²) in [6.45, 7) is 5.61. The second kappa shape index (κ2) is 5.56. The SMILES string of the molecule is CC(C)c1cc(C(=O)N2CCSCC2)nc(N)n1. The quantitative estimate of drug-likeness (QED) is 0.875. The Labute approximate surface area is 111 Å². The molecule has 0 bridgehead atoms. The first-order valence-corrected chi connectivity index (χ1v) is 7.25. The van der Waals surface area contributed by atoms with Crippen LogP contribution in [-0.4, -0.2) is 45.4 Å². The third-order valence-corrected chi connectivity index (χ3v) is 3.81. The molecule has 2 N–H and O–H groups in total. The average Bonchev–Trinajstić information content (AvgIpc) is 2.38. The van der Waals surface area contributed by atoms with Crippen LogP contribution in [0.5, 0.6) is 0 Å². The van der Waals surface area contributed by atoms with Crippen LogP contribution in [0, 0.1) is 0 Å². The van der Waals surface area contributed by atoms with Gasteiger partial charge in [0, 0.05) is 30.3 Å². The zero-order valence-corrected chi connectivity index (χ0v) is 11.5. The van der Waals surface area contributed by atoms with E-state index < -0.39 is 0 Å². The number of carbonyl (C=O) groups excluding carboxylic acids is 1. The summed E-state index contributed by atoms with van der Waals surface area (Å²) < 4.78 is 0. The predicted molar refractivity (Wildman–Crippen MR) is 73.8 cm³/mol. The fourth-order valence-electron chi connectivity index (χ4n) is 1.82. The maximum atomic E-state index is 12.3. The third-order valence-electron chi connectivity index (χ3n) is 2.87. The fourth-order valence-corrected chi connectivity index (χ4v) is 2.72. The van der Waals surface area contributed by atoms with E-state index in [1.165, 1.54) is 0 Å². The average molecular weight is 266 g/mol. The van der Waals surface area contributed by atoms with E-state index in [0.29, 0.717) is 5.69 Å². The van der Waals surface area contributed by atoms with E-state index in [1.54, 1.807) is 6.07 Å². The fraction of sp³-hybridized carbons (Fsp3) is 0.583. The van der Waals surface area contributed by atoms with Gasteiger partial charge in [-0.25, -0.2) is 9.97 Å². The predicted octanol–water partition coefficient (Wildman–Crippen LogP) is 1.37. The molecule has 6 heteroatoms. The van der Waals surface area contributed by atoms with E-state index >= 15 is 0 Å². The standard InChI is InChI=1S/C12H18N4OS/c1-8(2)9-7-10(15-12(13)14-9)11(17)16-3-5-18-6-4-16/h7-8H,3-6H2,1-2H3,(H2,13,14,15). The molecule has 2 heterocycles. The summed E-state index contributed by atoms with van der Waals surface area (Å²) in [6, 6.07) is 1.76. The van der Waals surface area contributed by atoms with Crippen molar-refractivity contribution in [3.63, 3.8) is 0 Å². The van der Waals surface area contributed by atoms with Crippen LogP contribution in [0.2, 0.25) is 0 Å². The monoisotopic (exact) mass is 266 g/mol. The molecule has 1 fully saturated rings. The highest BCUT2D eigenvalue weighted by Crippen LogP contribution is 2.16. The number of nitrogens with zero attached hydrogens (tertiary/aromatic N) is 3. The van der Waals surface area contributed by atoms with Crippen LogP contribution in [0.3, 0.4) is 0 Å². The number of anilines is 1. The normalized spacial score (nSPS) is 16.1. The van der Waals surface area contributed by atoms with Gasteiger partial charge in [-0.15, -0.1) is 0 Å². The lowest BCUT2D eigenvalue weighted by atomic mass is 10.1. The molecule has 0 spiro atoms. The maximum Gasteiger partial charge on any atom is 0.272 e. The zero-order valence-electron chi connectivity index (χ0n) is 10.7. The van der Waals surface area contributed by atoms with Crippen molar-refractivity contribution in [3.05, 3.63) is 17.5 Å². The van der Waals surface area contributed by atoms with Crippen molar-refractivity contribution in [3.8, 4) is 0 Å². The van der Waals surface area contributed by atoms with E-state index in [0.717, 1.165) is 30.3 Å². The minimum absolute atomic E-state index is 0.0358. The van der Waals surface area contributed by atoms with Crippen LogP contribution in [0.1, 0.15) is 35.9 Å². The Morgan fingerprint density at radius 2 is 2.06 bits per heavy atom. The Hall–Kier alpha value is -1.30. The lowest BCUT2D eigenvalue weighted by Crippen LogP contribution is -2.38. The van der Waals surface area contributed by atoms with Gasteiger partial charge in [0.25, 0.3) is 5.91 Å². The van der Waals surface area contributed by atoms with E-state index in [4.69, 9.17) is 5.73 Å². The number of aromatic nitrogens is 2. The topological polar surface area (TPSA) is 72.1 Å². The molecule has 0 saturated carbocycles. The number of thioether (sulfide) groups is 1. The van der Waals surface area contributed by atoms with E-state index in [-0.39, 0.29) is 17.8 Å². The van der Waals surface area contributed by atoms with Crippen LogP contribution in [0.25, 0.3) is 0 Å². The molecule has 1 amide bonds. The summed E-state index contributed by atoms with van der Waals surface area (Å²) in [6.07, 6.45) is 0. The van der Waals surface area contributed by atoms with Gasteiger partial charge in [0.15, 0.2) is 0 Å².